The molecule has 0 radical (unpaired) electrons. The van der Waals surface area contributed by atoms with Gasteiger partial charge in [0.2, 0.25) is 5.91 Å². The van der Waals surface area contributed by atoms with Gasteiger partial charge in [0.15, 0.2) is 0 Å². The van der Waals surface area contributed by atoms with Gasteiger partial charge in [0, 0.05) is 17.7 Å². The minimum atomic E-state index is -0.0560. The molecule has 1 N–H and O–H groups in total. The third-order valence-electron chi connectivity index (χ3n) is 3.74. The van der Waals surface area contributed by atoms with E-state index in [1.165, 1.54) is 11.8 Å². The second-order valence-corrected chi connectivity index (χ2v) is 6.65. The summed E-state index contributed by atoms with van der Waals surface area (Å²) in [6, 6.07) is 7.67. The van der Waals surface area contributed by atoms with Gasteiger partial charge >= 0.3 is 0 Å². The van der Waals surface area contributed by atoms with Crippen LogP contribution in [0.4, 0.5) is 5.69 Å². The van der Waals surface area contributed by atoms with Gasteiger partial charge in [-0.15, -0.1) is 11.8 Å². The van der Waals surface area contributed by atoms with Crippen LogP contribution in [0.15, 0.2) is 41.6 Å². The third kappa shape index (κ3) is 4.75. The molecular formula is C17H21N3O3S. The molecule has 1 aliphatic rings. The Bertz CT molecular complexity index is 683. The van der Waals surface area contributed by atoms with Crippen molar-refractivity contribution >= 4 is 23.4 Å². The van der Waals surface area contributed by atoms with Gasteiger partial charge < -0.3 is 14.8 Å². The molecule has 1 aromatic heterocycles. The minimum Gasteiger partial charge on any atom is -0.497 e. The predicted molar refractivity (Wildman–Crippen MR) is 93.5 cm³/mol. The third-order valence-corrected chi connectivity index (χ3v) is 4.74. The maximum absolute atomic E-state index is 12.1. The number of ether oxygens (including phenoxy) is 2. The Hall–Kier alpha value is -1.99. The molecule has 0 saturated carbocycles. The van der Waals surface area contributed by atoms with Crippen LogP contribution in [0, 0.1) is 0 Å². The molecule has 0 aliphatic carbocycles. The summed E-state index contributed by atoms with van der Waals surface area (Å²) >= 11 is 1.47. The van der Waals surface area contributed by atoms with E-state index in [1.54, 1.807) is 13.3 Å². The molecule has 2 heterocycles. The number of aromatic nitrogens is 2. The van der Waals surface area contributed by atoms with Crippen molar-refractivity contribution in [2.24, 2.45) is 0 Å². The molecule has 3 rings (SSSR count). The van der Waals surface area contributed by atoms with Gasteiger partial charge in [0.1, 0.15) is 5.75 Å². The maximum Gasteiger partial charge on any atom is 0.234 e. The second-order valence-electron chi connectivity index (χ2n) is 5.60. The highest BCUT2D eigenvalue weighted by atomic mass is 32.2. The molecular weight excluding hydrogens is 326 g/mol. The quantitative estimate of drug-likeness (QED) is 0.780. The van der Waals surface area contributed by atoms with Crippen LogP contribution in [0.2, 0.25) is 0 Å². The molecule has 1 aliphatic heterocycles. The zero-order chi connectivity index (χ0) is 16.8. The van der Waals surface area contributed by atoms with E-state index in [2.05, 4.69) is 10.4 Å². The highest BCUT2D eigenvalue weighted by Crippen LogP contribution is 2.23. The van der Waals surface area contributed by atoms with Gasteiger partial charge in [-0.1, -0.05) is 6.07 Å². The number of nitrogens with zero attached hydrogens (tertiary/aromatic N) is 2. The average Bonchev–Trinajstić information content (AvgIpc) is 3.26. The molecule has 0 bridgehead atoms. The fraction of sp³-hybridized carbons (Fsp3) is 0.412. The normalized spacial score (nSPS) is 17.0. The predicted octanol–water partition coefficient (Wildman–Crippen LogP) is 2.80. The summed E-state index contributed by atoms with van der Waals surface area (Å²) in [4.78, 5) is 13.1. The van der Waals surface area contributed by atoms with Gasteiger partial charge in [-0.3, -0.25) is 9.48 Å². The van der Waals surface area contributed by atoms with Crippen LogP contribution in [0.3, 0.4) is 0 Å². The lowest BCUT2D eigenvalue weighted by molar-refractivity contribution is -0.113. The van der Waals surface area contributed by atoms with E-state index in [1.807, 2.05) is 35.1 Å². The Labute approximate surface area is 145 Å². The maximum atomic E-state index is 12.1. The highest BCUT2D eigenvalue weighted by Gasteiger charge is 2.16. The first kappa shape index (κ1) is 16.9. The van der Waals surface area contributed by atoms with Gasteiger partial charge in [0.05, 0.1) is 37.4 Å². The number of methoxy groups -OCH3 is 1. The molecule has 0 unspecified atom stereocenters. The Morgan fingerprint density at radius 1 is 1.54 bits per heavy atom. The number of nitrogens with one attached hydrogen (secondary N) is 1. The monoisotopic (exact) mass is 347 g/mol. The van der Waals surface area contributed by atoms with Crippen molar-refractivity contribution < 1.29 is 14.3 Å². The van der Waals surface area contributed by atoms with Crippen molar-refractivity contribution in [2.45, 2.75) is 30.4 Å². The summed E-state index contributed by atoms with van der Waals surface area (Å²) in [6.07, 6.45) is 5.92. The average molecular weight is 347 g/mol. The number of benzene rings is 1. The Morgan fingerprint density at radius 3 is 3.25 bits per heavy atom. The number of anilines is 1. The summed E-state index contributed by atoms with van der Waals surface area (Å²) in [5.41, 5.74) is 0.712. The first-order valence-electron chi connectivity index (χ1n) is 7.94. The van der Waals surface area contributed by atoms with Crippen molar-refractivity contribution in [3.63, 3.8) is 0 Å². The molecule has 0 spiro atoms. The number of hydrogen-bond donors (Lipinski definition) is 1. The number of amides is 1. The van der Waals surface area contributed by atoms with Crippen molar-refractivity contribution in [3.05, 3.63) is 36.7 Å². The molecule has 1 aromatic carbocycles. The van der Waals surface area contributed by atoms with Crippen LogP contribution in [0.5, 0.6) is 5.75 Å². The molecule has 1 fully saturated rings. The fourth-order valence-corrected chi connectivity index (χ4v) is 3.31. The first-order chi connectivity index (χ1) is 11.7. The minimum absolute atomic E-state index is 0.0560. The topological polar surface area (TPSA) is 65.4 Å². The van der Waals surface area contributed by atoms with Gasteiger partial charge in [-0.25, -0.2) is 0 Å². The lowest BCUT2D eigenvalue weighted by Gasteiger charge is -2.08. The smallest absolute Gasteiger partial charge is 0.234 e. The molecule has 1 atom stereocenters. The molecule has 1 saturated heterocycles. The molecule has 6 nitrogen and oxygen atoms in total. The van der Waals surface area contributed by atoms with Gasteiger partial charge in [-0.2, -0.15) is 5.10 Å². The van der Waals surface area contributed by atoms with Crippen LogP contribution < -0.4 is 10.1 Å². The molecule has 24 heavy (non-hydrogen) atoms. The van der Waals surface area contributed by atoms with Crippen LogP contribution in [0.1, 0.15) is 12.8 Å². The largest absolute Gasteiger partial charge is 0.497 e. The van der Waals surface area contributed by atoms with E-state index in [0.29, 0.717) is 11.4 Å². The van der Waals surface area contributed by atoms with E-state index in [0.717, 1.165) is 36.6 Å². The second kappa shape index (κ2) is 8.21. The number of thioether (sulfide) groups is 1. The van der Waals surface area contributed by atoms with E-state index in [-0.39, 0.29) is 12.0 Å². The van der Waals surface area contributed by atoms with Gasteiger partial charge in [0.25, 0.3) is 0 Å². The summed E-state index contributed by atoms with van der Waals surface area (Å²) < 4.78 is 12.6. The van der Waals surface area contributed by atoms with Gasteiger partial charge in [-0.05, 0) is 31.0 Å². The molecule has 1 amide bonds. The van der Waals surface area contributed by atoms with Crippen molar-refractivity contribution in [3.8, 4) is 5.75 Å². The Kier molecular flexibility index (Phi) is 5.77. The first-order valence-corrected chi connectivity index (χ1v) is 8.92. The van der Waals surface area contributed by atoms with Crippen LogP contribution >= 0.6 is 11.8 Å². The number of rotatable bonds is 7. The Morgan fingerprint density at radius 2 is 2.46 bits per heavy atom. The lowest BCUT2D eigenvalue weighted by Crippen LogP contribution is -2.15. The number of hydrogen-bond acceptors (Lipinski definition) is 5. The van der Waals surface area contributed by atoms with E-state index in [9.17, 15) is 4.79 Å². The number of carbonyl (C=O) groups excluding carboxylic acids is 1. The van der Waals surface area contributed by atoms with E-state index < -0.39 is 0 Å². The zero-order valence-electron chi connectivity index (χ0n) is 13.6. The standard InChI is InChI=1S/C17H21N3O3S/c1-22-14-4-2-6-16(8-14)24-12-17(21)19-13-9-18-20(10-13)11-15-5-3-7-23-15/h2,4,6,8-10,15H,3,5,7,11-12H2,1H3,(H,19,21)/t15-/m0/s1. The van der Waals surface area contributed by atoms with Crippen molar-refractivity contribution in [2.75, 3.05) is 24.8 Å². The van der Waals surface area contributed by atoms with Crippen LogP contribution in [-0.2, 0) is 16.1 Å². The van der Waals surface area contributed by atoms with Crippen molar-refractivity contribution in [1.29, 1.82) is 0 Å². The Balaban J connectivity index is 1.46. The number of carbonyl (C=O) groups is 1. The van der Waals surface area contributed by atoms with E-state index in [4.69, 9.17) is 9.47 Å². The van der Waals surface area contributed by atoms with Crippen LogP contribution in [0.25, 0.3) is 0 Å². The zero-order valence-corrected chi connectivity index (χ0v) is 14.4. The molecule has 7 heteroatoms. The SMILES string of the molecule is COc1cccc(SCC(=O)Nc2cnn(C[C@@H]3CCCO3)c2)c1. The lowest BCUT2D eigenvalue weighted by atomic mass is 10.2. The summed E-state index contributed by atoms with van der Waals surface area (Å²) in [5.74, 6) is 1.07. The highest BCUT2D eigenvalue weighted by molar-refractivity contribution is 8.00. The summed E-state index contributed by atoms with van der Waals surface area (Å²) in [7, 11) is 1.63. The summed E-state index contributed by atoms with van der Waals surface area (Å²) in [5, 5.41) is 7.14. The summed E-state index contributed by atoms with van der Waals surface area (Å²) in [6.45, 7) is 1.56. The van der Waals surface area contributed by atoms with E-state index >= 15 is 0 Å². The fourth-order valence-electron chi connectivity index (χ4n) is 2.56. The molecule has 128 valence electrons. The molecule has 2 aromatic rings. The van der Waals surface area contributed by atoms with Crippen LogP contribution in [-0.4, -0.2) is 41.3 Å². The van der Waals surface area contributed by atoms with Crippen molar-refractivity contribution in [1.82, 2.24) is 9.78 Å².